The zero-order valence-corrected chi connectivity index (χ0v) is 15.6. The van der Waals surface area contributed by atoms with Gasteiger partial charge in [0, 0.05) is 37.4 Å². The van der Waals surface area contributed by atoms with E-state index >= 15 is 0 Å². The molecule has 1 N–H and O–H groups in total. The van der Waals surface area contributed by atoms with Crippen LogP contribution in [0, 0.1) is 0 Å². The van der Waals surface area contributed by atoms with Gasteiger partial charge >= 0.3 is 6.03 Å². The Balaban J connectivity index is 1.31. The van der Waals surface area contributed by atoms with E-state index in [1.54, 1.807) is 6.33 Å². The van der Waals surface area contributed by atoms with Crippen LogP contribution >= 0.6 is 0 Å². The van der Waals surface area contributed by atoms with Gasteiger partial charge in [0.25, 0.3) is 0 Å². The minimum atomic E-state index is 0.148. The normalized spacial score (nSPS) is 22.7. The number of hydrogen-bond donors (Lipinski definition) is 1. The van der Waals surface area contributed by atoms with Crippen molar-refractivity contribution in [3.63, 3.8) is 0 Å². The Kier molecular flexibility index (Phi) is 5.56. The average Bonchev–Trinajstić information content (AvgIpc) is 3.52. The lowest BCUT2D eigenvalue weighted by Crippen LogP contribution is -2.52. The van der Waals surface area contributed by atoms with Gasteiger partial charge in [-0.3, -0.25) is 0 Å². The van der Waals surface area contributed by atoms with Crippen LogP contribution in [-0.4, -0.2) is 52.1 Å². The van der Waals surface area contributed by atoms with E-state index in [9.17, 15) is 4.79 Å². The van der Waals surface area contributed by atoms with Crippen LogP contribution in [-0.2, 0) is 0 Å². The van der Waals surface area contributed by atoms with Crippen molar-refractivity contribution in [1.29, 1.82) is 0 Å². The summed E-state index contributed by atoms with van der Waals surface area (Å²) in [6, 6.07) is 3.66. The molecule has 4 rings (SSSR count). The molecule has 0 unspecified atom stereocenters. The molecular formula is C20H31N5O. The summed E-state index contributed by atoms with van der Waals surface area (Å²) in [5.74, 6) is 1.05. The zero-order valence-electron chi connectivity index (χ0n) is 15.6. The fourth-order valence-electron chi connectivity index (χ4n) is 4.50. The molecule has 3 aliphatic rings. The molecule has 0 aromatic carbocycles. The highest BCUT2D eigenvalue weighted by Gasteiger charge is 2.37. The lowest BCUT2D eigenvalue weighted by atomic mass is 10.0. The number of rotatable bonds is 4. The lowest BCUT2D eigenvalue weighted by molar-refractivity contribution is 0.175. The number of piperidine rings is 1. The van der Waals surface area contributed by atoms with E-state index in [-0.39, 0.29) is 6.03 Å². The molecule has 6 nitrogen and oxygen atoms in total. The average molecular weight is 358 g/mol. The van der Waals surface area contributed by atoms with Crippen LogP contribution < -0.4 is 10.2 Å². The van der Waals surface area contributed by atoms with Gasteiger partial charge in [0.15, 0.2) is 0 Å². The van der Waals surface area contributed by atoms with Crippen molar-refractivity contribution in [2.24, 2.45) is 0 Å². The van der Waals surface area contributed by atoms with Gasteiger partial charge in [0.1, 0.15) is 12.1 Å². The Bertz CT molecular complexity index is 575. The molecule has 1 aromatic heterocycles. The molecule has 2 saturated carbocycles. The van der Waals surface area contributed by atoms with E-state index in [0.717, 1.165) is 44.6 Å². The quantitative estimate of drug-likeness (QED) is 0.840. The number of carbonyl (C=O) groups is 1. The van der Waals surface area contributed by atoms with Gasteiger partial charge in [-0.15, -0.1) is 0 Å². The molecule has 1 saturated heterocycles. The van der Waals surface area contributed by atoms with Crippen molar-refractivity contribution in [2.45, 2.75) is 82.3 Å². The third-order valence-corrected chi connectivity index (χ3v) is 6.10. The van der Waals surface area contributed by atoms with Gasteiger partial charge in [-0.25, -0.2) is 14.8 Å². The van der Waals surface area contributed by atoms with Crippen LogP contribution in [0.25, 0.3) is 0 Å². The molecule has 6 heteroatoms. The molecule has 3 fully saturated rings. The van der Waals surface area contributed by atoms with Gasteiger partial charge < -0.3 is 15.1 Å². The highest BCUT2D eigenvalue weighted by atomic mass is 16.2. The Morgan fingerprint density at radius 3 is 2.31 bits per heavy atom. The fraction of sp³-hybridized carbons (Fsp3) is 0.750. The number of nitrogens with one attached hydrogen (secondary N) is 1. The van der Waals surface area contributed by atoms with E-state index < -0.39 is 0 Å². The maximum Gasteiger partial charge on any atom is 0.317 e. The predicted octanol–water partition coefficient (Wildman–Crippen LogP) is 3.34. The first-order valence-electron chi connectivity index (χ1n) is 10.4. The molecule has 0 atom stereocenters. The molecule has 2 amide bonds. The standard InChI is InChI=1S/C20H31N5O/c26-20(23-16-5-3-1-2-4-6-16)24-13-10-18(11-14-24)25(17-7-8-17)19-9-12-21-15-22-19/h9,12,15-18H,1-8,10-11,13-14H2,(H,23,26). The van der Waals surface area contributed by atoms with Crippen molar-refractivity contribution >= 4 is 11.8 Å². The van der Waals surface area contributed by atoms with E-state index in [4.69, 9.17) is 0 Å². The molecule has 1 aromatic rings. The SMILES string of the molecule is O=C(NC1CCCCCC1)N1CCC(N(c2ccncn2)C2CC2)CC1. The number of urea groups is 1. The monoisotopic (exact) mass is 357 g/mol. The summed E-state index contributed by atoms with van der Waals surface area (Å²) in [6.45, 7) is 1.69. The fourth-order valence-corrected chi connectivity index (χ4v) is 4.50. The van der Waals surface area contributed by atoms with Gasteiger partial charge in [-0.1, -0.05) is 25.7 Å². The first-order chi connectivity index (χ1) is 12.8. The van der Waals surface area contributed by atoms with Gasteiger partial charge in [-0.2, -0.15) is 0 Å². The topological polar surface area (TPSA) is 61.4 Å². The number of carbonyl (C=O) groups excluding carboxylic acids is 1. The Labute approximate surface area is 156 Å². The largest absolute Gasteiger partial charge is 0.350 e. The number of anilines is 1. The summed E-state index contributed by atoms with van der Waals surface area (Å²) >= 11 is 0. The van der Waals surface area contributed by atoms with Crippen molar-refractivity contribution in [2.75, 3.05) is 18.0 Å². The summed E-state index contributed by atoms with van der Waals surface area (Å²) in [4.78, 5) is 25.7. The second kappa shape index (κ2) is 8.23. The highest BCUT2D eigenvalue weighted by molar-refractivity contribution is 5.74. The van der Waals surface area contributed by atoms with E-state index in [2.05, 4.69) is 20.2 Å². The first kappa shape index (κ1) is 17.6. The number of hydrogen-bond acceptors (Lipinski definition) is 4. The van der Waals surface area contributed by atoms with Gasteiger partial charge in [0.05, 0.1) is 0 Å². The van der Waals surface area contributed by atoms with E-state index in [1.807, 2.05) is 17.2 Å². The van der Waals surface area contributed by atoms with Crippen LogP contribution in [0.5, 0.6) is 0 Å². The Hall–Kier alpha value is -1.85. The van der Waals surface area contributed by atoms with Crippen LogP contribution in [0.4, 0.5) is 10.6 Å². The molecule has 2 aliphatic carbocycles. The van der Waals surface area contributed by atoms with Gasteiger partial charge in [-0.05, 0) is 44.6 Å². The van der Waals surface area contributed by atoms with Gasteiger partial charge in [0.2, 0.25) is 0 Å². The van der Waals surface area contributed by atoms with Crippen molar-refractivity contribution in [3.8, 4) is 0 Å². The summed E-state index contributed by atoms with van der Waals surface area (Å²) in [5.41, 5.74) is 0. The number of nitrogens with zero attached hydrogens (tertiary/aromatic N) is 4. The van der Waals surface area contributed by atoms with E-state index in [1.165, 1.54) is 38.5 Å². The first-order valence-corrected chi connectivity index (χ1v) is 10.4. The maximum absolute atomic E-state index is 12.7. The summed E-state index contributed by atoms with van der Waals surface area (Å²) in [6.07, 6.45) is 15.5. The smallest absolute Gasteiger partial charge is 0.317 e. The molecular weight excluding hydrogens is 326 g/mol. The molecule has 1 aliphatic heterocycles. The lowest BCUT2D eigenvalue weighted by Gasteiger charge is -2.39. The predicted molar refractivity (Wildman–Crippen MR) is 102 cm³/mol. The molecule has 0 radical (unpaired) electrons. The second-order valence-corrected chi connectivity index (χ2v) is 8.06. The Morgan fingerprint density at radius 1 is 1.00 bits per heavy atom. The molecule has 2 heterocycles. The summed E-state index contributed by atoms with van der Waals surface area (Å²) in [5, 5.41) is 3.29. The van der Waals surface area contributed by atoms with Crippen LogP contribution in [0.2, 0.25) is 0 Å². The van der Waals surface area contributed by atoms with Crippen molar-refractivity contribution in [3.05, 3.63) is 18.6 Å². The number of amides is 2. The molecule has 26 heavy (non-hydrogen) atoms. The number of aromatic nitrogens is 2. The van der Waals surface area contributed by atoms with Crippen LogP contribution in [0.15, 0.2) is 18.6 Å². The highest BCUT2D eigenvalue weighted by Crippen LogP contribution is 2.35. The summed E-state index contributed by atoms with van der Waals surface area (Å²) in [7, 11) is 0. The number of likely N-dealkylation sites (tertiary alicyclic amines) is 1. The molecule has 0 bridgehead atoms. The van der Waals surface area contributed by atoms with Crippen molar-refractivity contribution < 1.29 is 4.79 Å². The molecule has 0 spiro atoms. The van der Waals surface area contributed by atoms with Crippen LogP contribution in [0.1, 0.15) is 64.2 Å². The zero-order chi connectivity index (χ0) is 17.8. The summed E-state index contributed by atoms with van der Waals surface area (Å²) < 4.78 is 0. The minimum absolute atomic E-state index is 0.148. The maximum atomic E-state index is 12.7. The van der Waals surface area contributed by atoms with E-state index in [0.29, 0.717) is 18.1 Å². The second-order valence-electron chi connectivity index (χ2n) is 8.06. The third-order valence-electron chi connectivity index (χ3n) is 6.10. The minimum Gasteiger partial charge on any atom is -0.350 e. The Morgan fingerprint density at radius 2 is 1.69 bits per heavy atom. The van der Waals surface area contributed by atoms with Crippen molar-refractivity contribution in [1.82, 2.24) is 20.2 Å². The molecule has 142 valence electrons. The van der Waals surface area contributed by atoms with Crippen LogP contribution in [0.3, 0.4) is 0 Å². The third kappa shape index (κ3) is 4.27.